The lowest BCUT2D eigenvalue weighted by atomic mass is 10.2. The number of carbonyl (C=O) groups excluding carboxylic acids is 2. The van der Waals surface area contributed by atoms with Gasteiger partial charge in [-0.2, -0.15) is 0 Å². The Morgan fingerprint density at radius 1 is 1.19 bits per heavy atom. The van der Waals surface area contributed by atoms with Gasteiger partial charge in [0.15, 0.2) is 0 Å². The van der Waals surface area contributed by atoms with Gasteiger partial charge >= 0.3 is 6.03 Å². The van der Waals surface area contributed by atoms with Crippen molar-refractivity contribution in [1.29, 1.82) is 0 Å². The minimum Gasteiger partial charge on any atom is -0.495 e. The van der Waals surface area contributed by atoms with E-state index in [-0.39, 0.29) is 6.04 Å². The summed E-state index contributed by atoms with van der Waals surface area (Å²) >= 11 is 0. The highest BCUT2D eigenvalue weighted by Crippen LogP contribution is 2.25. The molecule has 0 saturated carbocycles. The lowest BCUT2D eigenvalue weighted by Gasteiger charge is -2.18. The average molecular weight is 293 g/mol. The number of hydrogen-bond acceptors (Lipinski definition) is 4. The van der Waals surface area contributed by atoms with Crippen LogP contribution >= 0.6 is 0 Å². The Bertz CT molecular complexity index is 515. The molecule has 6 heteroatoms. The van der Waals surface area contributed by atoms with Crippen molar-refractivity contribution in [2.24, 2.45) is 0 Å². The number of aryl methyl sites for hydroxylation is 1. The van der Waals surface area contributed by atoms with Crippen molar-refractivity contribution in [1.82, 2.24) is 10.6 Å². The Hall–Kier alpha value is -2.24. The van der Waals surface area contributed by atoms with E-state index in [1.165, 1.54) is 0 Å². The number of benzene rings is 1. The van der Waals surface area contributed by atoms with Gasteiger partial charge in [-0.1, -0.05) is 6.07 Å². The van der Waals surface area contributed by atoms with Crippen LogP contribution in [0.25, 0.3) is 0 Å². The van der Waals surface area contributed by atoms with E-state index in [4.69, 9.17) is 4.74 Å². The fourth-order valence-corrected chi connectivity index (χ4v) is 1.75. The molecule has 1 aromatic carbocycles. The first-order chi connectivity index (χ1) is 9.83. The number of ether oxygens (including phenoxy) is 1. The molecule has 0 saturated heterocycles. The SMILES string of the molecule is COc1ccc(C)cc1N[C@H](C)C(=O)NC(=O)NC(C)C. The molecular formula is C15H23N3O3. The molecule has 0 heterocycles. The number of hydrogen-bond donors (Lipinski definition) is 3. The number of rotatable bonds is 5. The van der Waals surface area contributed by atoms with Gasteiger partial charge < -0.3 is 15.4 Å². The van der Waals surface area contributed by atoms with Crippen molar-refractivity contribution in [2.45, 2.75) is 39.8 Å². The third-order valence-corrected chi connectivity index (χ3v) is 2.78. The number of nitrogens with one attached hydrogen (secondary N) is 3. The summed E-state index contributed by atoms with van der Waals surface area (Å²) in [5, 5.41) is 7.94. The van der Waals surface area contributed by atoms with Gasteiger partial charge in [0.25, 0.3) is 0 Å². The number of carbonyl (C=O) groups is 2. The fraction of sp³-hybridized carbons (Fsp3) is 0.467. The van der Waals surface area contributed by atoms with E-state index < -0.39 is 18.0 Å². The molecule has 0 bridgehead atoms. The number of anilines is 1. The van der Waals surface area contributed by atoms with Crippen LogP contribution in [0, 0.1) is 6.92 Å². The summed E-state index contributed by atoms with van der Waals surface area (Å²) in [5.41, 5.74) is 1.76. The number of urea groups is 1. The van der Waals surface area contributed by atoms with Crippen LogP contribution in [0.1, 0.15) is 26.3 Å². The number of imide groups is 1. The van der Waals surface area contributed by atoms with Gasteiger partial charge in [0.2, 0.25) is 5.91 Å². The van der Waals surface area contributed by atoms with E-state index in [1.807, 2.05) is 39.0 Å². The molecule has 3 N–H and O–H groups in total. The monoisotopic (exact) mass is 293 g/mol. The van der Waals surface area contributed by atoms with Gasteiger partial charge in [-0.25, -0.2) is 4.79 Å². The van der Waals surface area contributed by atoms with E-state index in [1.54, 1.807) is 14.0 Å². The Morgan fingerprint density at radius 3 is 2.43 bits per heavy atom. The van der Waals surface area contributed by atoms with E-state index in [0.717, 1.165) is 5.56 Å². The van der Waals surface area contributed by atoms with Crippen molar-refractivity contribution < 1.29 is 14.3 Å². The first-order valence-corrected chi connectivity index (χ1v) is 6.86. The highest BCUT2D eigenvalue weighted by atomic mass is 16.5. The zero-order valence-corrected chi connectivity index (χ0v) is 13.1. The maximum Gasteiger partial charge on any atom is 0.321 e. The van der Waals surface area contributed by atoms with Crippen LogP contribution < -0.4 is 20.7 Å². The van der Waals surface area contributed by atoms with E-state index >= 15 is 0 Å². The van der Waals surface area contributed by atoms with Crippen molar-refractivity contribution in [2.75, 3.05) is 12.4 Å². The molecule has 0 aromatic heterocycles. The third kappa shape index (κ3) is 5.33. The second-order valence-electron chi connectivity index (χ2n) is 5.19. The highest BCUT2D eigenvalue weighted by molar-refractivity contribution is 5.98. The average Bonchev–Trinajstić information content (AvgIpc) is 2.37. The van der Waals surface area contributed by atoms with E-state index in [0.29, 0.717) is 11.4 Å². The zero-order valence-electron chi connectivity index (χ0n) is 13.1. The Labute approximate surface area is 125 Å². The largest absolute Gasteiger partial charge is 0.495 e. The fourth-order valence-electron chi connectivity index (χ4n) is 1.75. The van der Waals surface area contributed by atoms with Crippen LogP contribution in [0.3, 0.4) is 0 Å². The first-order valence-electron chi connectivity index (χ1n) is 6.86. The molecule has 0 aliphatic rings. The normalized spacial score (nSPS) is 11.7. The van der Waals surface area contributed by atoms with Crippen LogP contribution in [0.4, 0.5) is 10.5 Å². The first kappa shape index (κ1) is 16.8. The van der Waals surface area contributed by atoms with Crippen molar-refractivity contribution >= 4 is 17.6 Å². The summed E-state index contributed by atoms with van der Waals surface area (Å²) in [4.78, 5) is 23.5. The molecule has 1 rings (SSSR count). The quantitative estimate of drug-likeness (QED) is 0.776. The smallest absolute Gasteiger partial charge is 0.321 e. The van der Waals surface area contributed by atoms with Crippen LogP contribution in [0.15, 0.2) is 18.2 Å². The molecule has 3 amide bonds. The molecule has 1 aromatic rings. The van der Waals surface area contributed by atoms with E-state index in [9.17, 15) is 9.59 Å². The standard InChI is InChI=1S/C15H23N3O3/c1-9(2)16-15(20)18-14(19)11(4)17-12-8-10(3)6-7-13(12)21-5/h6-9,11,17H,1-5H3,(H2,16,18,19,20)/t11-/m1/s1. The number of amides is 3. The predicted molar refractivity (Wildman–Crippen MR) is 82.6 cm³/mol. The summed E-state index contributed by atoms with van der Waals surface area (Å²) in [6, 6.07) is 4.53. The van der Waals surface area contributed by atoms with Gasteiger partial charge in [-0.15, -0.1) is 0 Å². The lowest BCUT2D eigenvalue weighted by molar-refractivity contribution is -0.120. The second-order valence-corrected chi connectivity index (χ2v) is 5.19. The molecule has 6 nitrogen and oxygen atoms in total. The summed E-state index contributed by atoms with van der Waals surface area (Å²) in [7, 11) is 1.57. The minimum absolute atomic E-state index is 0.0297. The second kappa shape index (κ2) is 7.52. The lowest BCUT2D eigenvalue weighted by Crippen LogP contribution is -2.47. The molecule has 0 fully saturated rings. The molecule has 0 radical (unpaired) electrons. The van der Waals surface area contributed by atoms with Crippen molar-refractivity contribution in [3.8, 4) is 5.75 Å². The van der Waals surface area contributed by atoms with Crippen LogP contribution in [-0.4, -0.2) is 31.1 Å². The molecule has 21 heavy (non-hydrogen) atoms. The van der Waals surface area contributed by atoms with Gasteiger partial charge in [0, 0.05) is 6.04 Å². The van der Waals surface area contributed by atoms with Gasteiger partial charge in [0.05, 0.1) is 12.8 Å². The summed E-state index contributed by atoms with van der Waals surface area (Å²) < 4.78 is 5.24. The molecule has 0 aliphatic carbocycles. The predicted octanol–water partition coefficient (Wildman–Crippen LogP) is 2.04. The van der Waals surface area contributed by atoms with Gasteiger partial charge in [-0.3, -0.25) is 10.1 Å². The molecule has 116 valence electrons. The minimum atomic E-state index is -0.571. The molecule has 0 spiro atoms. The molecule has 0 aliphatic heterocycles. The molecule has 0 unspecified atom stereocenters. The molecule has 1 atom stereocenters. The van der Waals surface area contributed by atoms with Crippen LogP contribution in [0.5, 0.6) is 5.75 Å². The summed E-state index contributed by atoms with van der Waals surface area (Å²) in [6.45, 7) is 7.28. The van der Waals surface area contributed by atoms with E-state index in [2.05, 4.69) is 16.0 Å². The van der Waals surface area contributed by atoms with Gasteiger partial charge in [-0.05, 0) is 45.4 Å². The van der Waals surface area contributed by atoms with Crippen molar-refractivity contribution in [3.05, 3.63) is 23.8 Å². The maximum absolute atomic E-state index is 11.9. The Morgan fingerprint density at radius 2 is 1.86 bits per heavy atom. The Kier molecular flexibility index (Phi) is 6.02. The highest BCUT2D eigenvalue weighted by Gasteiger charge is 2.17. The summed E-state index contributed by atoms with van der Waals surface area (Å²) in [5.74, 6) is 0.239. The summed E-state index contributed by atoms with van der Waals surface area (Å²) in [6.07, 6.45) is 0. The van der Waals surface area contributed by atoms with Crippen LogP contribution in [0.2, 0.25) is 0 Å². The Balaban J connectivity index is 2.68. The molecular weight excluding hydrogens is 270 g/mol. The number of methoxy groups -OCH3 is 1. The van der Waals surface area contributed by atoms with Crippen molar-refractivity contribution in [3.63, 3.8) is 0 Å². The third-order valence-electron chi connectivity index (χ3n) is 2.78. The van der Waals surface area contributed by atoms with Gasteiger partial charge in [0.1, 0.15) is 11.8 Å². The van der Waals surface area contributed by atoms with Crippen LogP contribution in [-0.2, 0) is 4.79 Å². The topological polar surface area (TPSA) is 79.5 Å². The maximum atomic E-state index is 11.9. The zero-order chi connectivity index (χ0) is 16.0.